The van der Waals surface area contributed by atoms with Crippen LogP contribution in [-0.2, 0) is 0 Å². The van der Waals surface area contributed by atoms with Crippen LogP contribution in [0.3, 0.4) is 0 Å². The molecule has 2 rings (SSSR count). The number of halogens is 3. The lowest BCUT2D eigenvalue weighted by Crippen LogP contribution is -2.25. The first-order valence-corrected chi connectivity index (χ1v) is 7.38. The lowest BCUT2D eigenvalue weighted by molar-refractivity contribution is 0.166. The van der Waals surface area contributed by atoms with Crippen molar-refractivity contribution in [2.24, 2.45) is 0 Å². The quantitative estimate of drug-likeness (QED) is 0.845. The Morgan fingerprint density at radius 1 is 1.19 bits per heavy atom. The third-order valence-corrected chi connectivity index (χ3v) is 3.78. The van der Waals surface area contributed by atoms with Gasteiger partial charge in [0.15, 0.2) is 0 Å². The minimum atomic E-state index is -1.03. The molecule has 2 nitrogen and oxygen atoms in total. The molecule has 2 atom stereocenters. The normalized spacial score (nSPS) is 14.0. The molecular weight excluding hydrogens is 340 g/mol. The zero-order chi connectivity index (χ0) is 15.4. The Labute approximate surface area is 130 Å². The fourth-order valence-corrected chi connectivity index (χ4v) is 2.48. The van der Waals surface area contributed by atoms with Gasteiger partial charge in [-0.15, -0.1) is 0 Å². The standard InChI is InChI=1S/C16H16BrF2NO/c1-10(11-3-2-4-12(17)7-11)20-9-16(21)14-6-5-13(18)8-15(14)19/h2-8,10,16,20-21H,9H2,1H3/t10-,16?/m1/s1. The summed E-state index contributed by atoms with van der Waals surface area (Å²) in [7, 11) is 0. The monoisotopic (exact) mass is 355 g/mol. The predicted octanol–water partition coefficient (Wildman–Crippen LogP) is 4.11. The van der Waals surface area contributed by atoms with Crippen LogP contribution < -0.4 is 5.32 Å². The van der Waals surface area contributed by atoms with Crippen molar-refractivity contribution in [1.82, 2.24) is 5.32 Å². The molecule has 0 heterocycles. The van der Waals surface area contributed by atoms with Gasteiger partial charge < -0.3 is 10.4 Å². The molecule has 0 bridgehead atoms. The van der Waals surface area contributed by atoms with Crippen molar-refractivity contribution in [2.75, 3.05) is 6.54 Å². The molecular formula is C16H16BrF2NO. The minimum Gasteiger partial charge on any atom is -0.387 e. The third-order valence-electron chi connectivity index (χ3n) is 3.29. The highest BCUT2D eigenvalue weighted by Gasteiger charge is 2.15. The van der Waals surface area contributed by atoms with E-state index in [1.807, 2.05) is 31.2 Å². The van der Waals surface area contributed by atoms with E-state index in [0.717, 1.165) is 22.2 Å². The largest absolute Gasteiger partial charge is 0.387 e. The van der Waals surface area contributed by atoms with Crippen molar-refractivity contribution in [3.63, 3.8) is 0 Å². The lowest BCUT2D eigenvalue weighted by Gasteiger charge is -2.18. The van der Waals surface area contributed by atoms with Gasteiger partial charge in [0.05, 0.1) is 6.10 Å². The Bertz CT molecular complexity index is 621. The molecule has 5 heteroatoms. The molecule has 0 aromatic heterocycles. The average Bonchev–Trinajstić information content (AvgIpc) is 2.44. The molecule has 0 spiro atoms. The van der Waals surface area contributed by atoms with Crippen molar-refractivity contribution in [3.05, 3.63) is 69.7 Å². The van der Waals surface area contributed by atoms with E-state index in [4.69, 9.17) is 0 Å². The van der Waals surface area contributed by atoms with Gasteiger partial charge in [0.1, 0.15) is 11.6 Å². The Kier molecular flexibility index (Phi) is 5.45. The summed E-state index contributed by atoms with van der Waals surface area (Å²) in [6, 6.07) is 11.0. The van der Waals surface area contributed by atoms with Crippen LogP contribution in [0.5, 0.6) is 0 Å². The molecule has 2 aromatic rings. The molecule has 0 aliphatic carbocycles. The molecule has 0 amide bonds. The van der Waals surface area contributed by atoms with E-state index in [9.17, 15) is 13.9 Å². The van der Waals surface area contributed by atoms with Gasteiger partial charge in [-0.2, -0.15) is 0 Å². The van der Waals surface area contributed by atoms with Gasteiger partial charge in [-0.3, -0.25) is 0 Å². The fraction of sp³-hybridized carbons (Fsp3) is 0.250. The Morgan fingerprint density at radius 3 is 2.62 bits per heavy atom. The highest BCUT2D eigenvalue weighted by atomic mass is 79.9. The summed E-state index contributed by atoms with van der Waals surface area (Å²) < 4.78 is 27.4. The predicted molar refractivity (Wildman–Crippen MR) is 81.9 cm³/mol. The second kappa shape index (κ2) is 7.11. The van der Waals surface area contributed by atoms with Crippen molar-refractivity contribution >= 4 is 15.9 Å². The second-order valence-electron chi connectivity index (χ2n) is 4.87. The minimum absolute atomic E-state index is 0.000611. The van der Waals surface area contributed by atoms with Crippen molar-refractivity contribution in [1.29, 1.82) is 0 Å². The van der Waals surface area contributed by atoms with E-state index in [0.29, 0.717) is 0 Å². The second-order valence-corrected chi connectivity index (χ2v) is 5.78. The Balaban J connectivity index is 1.99. The SMILES string of the molecule is C[C@@H](NCC(O)c1ccc(F)cc1F)c1cccc(Br)c1. The van der Waals surface area contributed by atoms with Crippen LogP contribution in [0.25, 0.3) is 0 Å². The summed E-state index contributed by atoms with van der Waals surface area (Å²) >= 11 is 3.40. The van der Waals surface area contributed by atoms with E-state index in [1.54, 1.807) is 0 Å². The average molecular weight is 356 g/mol. The third kappa shape index (κ3) is 4.33. The van der Waals surface area contributed by atoms with Gasteiger partial charge in [-0.25, -0.2) is 8.78 Å². The first-order chi connectivity index (χ1) is 9.97. The molecule has 2 aromatic carbocycles. The molecule has 0 saturated heterocycles. The molecule has 112 valence electrons. The summed E-state index contributed by atoms with van der Waals surface area (Å²) in [5, 5.41) is 13.1. The van der Waals surface area contributed by atoms with E-state index in [-0.39, 0.29) is 18.2 Å². The van der Waals surface area contributed by atoms with Crippen molar-refractivity contribution in [2.45, 2.75) is 19.1 Å². The van der Waals surface area contributed by atoms with Gasteiger partial charge >= 0.3 is 0 Å². The Morgan fingerprint density at radius 2 is 1.95 bits per heavy atom. The fourth-order valence-electron chi connectivity index (χ4n) is 2.06. The topological polar surface area (TPSA) is 32.3 Å². The first-order valence-electron chi connectivity index (χ1n) is 6.59. The zero-order valence-electron chi connectivity index (χ0n) is 11.5. The Hall–Kier alpha value is -1.30. The maximum absolute atomic E-state index is 13.6. The lowest BCUT2D eigenvalue weighted by atomic mass is 10.1. The van der Waals surface area contributed by atoms with E-state index in [1.165, 1.54) is 6.07 Å². The molecule has 0 fully saturated rings. The summed E-state index contributed by atoms with van der Waals surface area (Å²) in [5.74, 6) is -1.39. The zero-order valence-corrected chi connectivity index (χ0v) is 13.1. The smallest absolute Gasteiger partial charge is 0.131 e. The number of aliphatic hydroxyl groups excluding tert-OH is 1. The van der Waals surface area contributed by atoms with E-state index < -0.39 is 17.7 Å². The summed E-state index contributed by atoms with van der Waals surface area (Å²) in [4.78, 5) is 0. The molecule has 21 heavy (non-hydrogen) atoms. The number of rotatable bonds is 5. The number of hydrogen-bond acceptors (Lipinski definition) is 2. The van der Waals surface area contributed by atoms with Crippen LogP contribution in [-0.4, -0.2) is 11.7 Å². The number of aliphatic hydroxyl groups is 1. The van der Waals surface area contributed by atoms with Gasteiger partial charge in [0.2, 0.25) is 0 Å². The molecule has 1 unspecified atom stereocenters. The highest BCUT2D eigenvalue weighted by Crippen LogP contribution is 2.20. The van der Waals surface area contributed by atoms with Crippen LogP contribution in [0, 0.1) is 11.6 Å². The number of hydrogen-bond donors (Lipinski definition) is 2. The first kappa shape index (κ1) is 16.1. The summed E-state index contributed by atoms with van der Waals surface area (Å²) in [6.45, 7) is 2.13. The highest BCUT2D eigenvalue weighted by molar-refractivity contribution is 9.10. The van der Waals surface area contributed by atoms with Gasteiger partial charge in [0.25, 0.3) is 0 Å². The maximum Gasteiger partial charge on any atom is 0.131 e. The maximum atomic E-state index is 13.6. The van der Waals surface area contributed by atoms with Crippen LogP contribution >= 0.6 is 15.9 Å². The van der Waals surface area contributed by atoms with Crippen LogP contribution in [0.15, 0.2) is 46.9 Å². The van der Waals surface area contributed by atoms with E-state index >= 15 is 0 Å². The van der Waals surface area contributed by atoms with E-state index in [2.05, 4.69) is 21.2 Å². The number of benzene rings is 2. The van der Waals surface area contributed by atoms with Crippen LogP contribution in [0.2, 0.25) is 0 Å². The molecule has 0 aliphatic heterocycles. The van der Waals surface area contributed by atoms with Crippen molar-refractivity contribution in [3.8, 4) is 0 Å². The molecule has 0 radical (unpaired) electrons. The van der Waals surface area contributed by atoms with Gasteiger partial charge in [0, 0.05) is 28.7 Å². The number of nitrogens with one attached hydrogen (secondary N) is 1. The summed E-state index contributed by atoms with van der Waals surface area (Å²) in [5.41, 5.74) is 1.14. The van der Waals surface area contributed by atoms with Gasteiger partial charge in [-0.05, 0) is 30.7 Å². The molecule has 2 N–H and O–H groups in total. The van der Waals surface area contributed by atoms with Crippen LogP contribution in [0.1, 0.15) is 30.2 Å². The van der Waals surface area contributed by atoms with Gasteiger partial charge in [-0.1, -0.05) is 34.1 Å². The van der Waals surface area contributed by atoms with Crippen LogP contribution in [0.4, 0.5) is 8.78 Å². The molecule has 0 saturated carbocycles. The van der Waals surface area contributed by atoms with Crippen molar-refractivity contribution < 1.29 is 13.9 Å². The summed E-state index contributed by atoms with van der Waals surface area (Å²) in [6.07, 6.45) is -1.03. The molecule has 0 aliphatic rings.